The molecule has 1 unspecified atom stereocenters. The third kappa shape index (κ3) is 2.34. The van der Waals surface area contributed by atoms with Crippen molar-refractivity contribution in [1.82, 2.24) is 4.98 Å². The molecule has 11 heavy (non-hydrogen) atoms. The van der Waals surface area contributed by atoms with Crippen molar-refractivity contribution < 1.29 is 5.11 Å². The molecule has 3 heteroatoms. The van der Waals surface area contributed by atoms with E-state index in [1.54, 1.807) is 6.20 Å². The molecule has 0 saturated heterocycles. The average Bonchev–Trinajstić information content (AvgIpc) is 2.52. The van der Waals surface area contributed by atoms with Gasteiger partial charge in [-0.05, 0) is 6.42 Å². The van der Waals surface area contributed by atoms with E-state index in [4.69, 9.17) is 6.42 Å². The largest absolute Gasteiger partial charge is 0.386 e. The van der Waals surface area contributed by atoms with E-state index >= 15 is 0 Å². The van der Waals surface area contributed by atoms with Gasteiger partial charge in [0.05, 0.1) is 0 Å². The summed E-state index contributed by atoms with van der Waals surface area (Å²) < 4.78 is 0. The predicted molar refractivity (Wildman–Crippen MR) is 45.1 cm³/mol. The van der Waals surface area contributed by atoms with Crippen LogP contribution in [0.4, 0.5) is 0 Å². The van der Waals surface area contributed by atoms with E-state index in [2.05, 4.69) is 10.9 Å². The summed E-state index contributed by atoms with van der Waals surface area (Å²) in [4.78, 5) is 3.97. The fourth-order valence-electron chi connectivity index (χ4n) is 0.743. The number of aliphatic hydroxyl groups excluding tert-OH is 1. The smallest absolute Gasteiger partial charge is 0.121 e. The molecule has 1 atom stereocenters. The van der Waals surface area contributed by atoms with Crippen LogP contribution in [0, 0.1) is 12.3 Å². The number of rotatable bonds is 3. The number of hydrogen-bond donors (Lipinski definition) is 1. The monoisotopic (exact) mass is 167 g/mol. The van der Waals surface area contributed by atoms with Crippen molar-refractivity contribution in [2.75, 3.05) is 0 Å². The molecule has 1 aromatic heterocycles. The van der Waals surface area contributed by atoms with Crippen LogP contribution in [0.5, 0.6) is 0 Å². The zero-order valence-electron chi connectivity index (χ0n) is 6.03. The summed E-state index contributed by atoms with van der Waals surface area (Å²) in [6.07, 6.45) is 7.45. The first kappa shape index (κ1) is 8.25. The van der Waals surface area contributed by atoms with Gasteiger partial charge in [0.25, 0.3) is 0 Å². The van der Waals surface area contributed by atoms with Crippen LogP contribution >= 0.6 is 11.3 Å². The van der Waals surface area contributed by atoms with E-state index < -0.39 is 6.10 Å². The Balaban J connectivity index is 2.44. The molecular weight excluding hydrogens is 158 g/mol. The number of terminal acetylenes is 1. The van der Waals surface area contributed by atoms with Crippen molar-refractivity contribution in [3.05, 3.63) is 16.6 Å². The average molecular weight is 167 g/mol. The number of hydrogen-bond acceptors (Lipinski definition) is 3. The summed E-state index contributed by atoms with van der Waals surface area (Å²) in [5.41, 5.74) is 0. The van der Waals surface area contributed by atoms with Gasteiger partial charge < -0.3 is 5.11 Å². The zero-order valence-corrected chi connectivity index (χ0v) is 6.84. The van der Waals surface area contributed by atoms with Crippen LogP contribution in [-0.2, 0) is 0 Å². The molecular formula is C8H9NOS. The molecule has 1 N–H and O–H groups in total. The predicted octanol–water partition coefficient (Wildman–Crippen LogP) is 1.59. The van der Waals surface area contributed by atoms with Crippen LogP contribution in [0.1, 0.15) is 24.0 Å². The van der Waals surface area contributed by atoms with Gasteiger partial charge in [0.15, 0.2) is 0 Å². The molecule has 1 rings (SSSR count). The minimum Gasteiger partial charge on any atom is -0.386 e. The van der Waals surface area contributed by atoms with Crippen molar-refractivity contribution in [3.8, 4) is 12.3 Å². The third-order valence-corrected chi connectivity index (χ3v) is 2.18. The number of aliphatic hydroxyl groups is 1. The van der Waals surface area contributed by atoms with E-state index in [9.17, 15) is 5.11 Å². The van der Waals surface area contributed by atoms with Crippen molar-refractivity contribution in [2.24, 2.45) is 0 Å². The Morgan fingerprint density at radius 3 is 3.18 bits per heavy atom. The second-order valence-corrected chi connectivity index (χ2v) is 3.06. The van der Waals surface area contributed by atoms with E-state index in [0.29, 0.717) is 12.8 Å². The Bertz CT molecular complexity index is 237. The Hall–Kier alpha value is -0.850. The normalized spacial score (nSPS) is 12.4. The van der Waals surface area contributed by atoms with Gasteiger partial charge in [-0.3, -0.25) is 0 Å². The van der Waals surface area contributed by atoms with E-state index in [0.717, 1.165) is 5.01 Å². The fourth-order valence-corrected chi connectivity index (χ4v) is 1.40. The van der Waals surface area contributed by atoms with Gasteiger partial charge in [0.1, 0.15) is 11.1 Å². The highest BCUT2D eigenvalue weighted by Gasteiger charge is 2.07. The van der Waals surface area contributed by atoms with Gasteiger partial charge in [0.2, 0.25) is 0 Å². The first-order valence-electron chi connectivity index (χ1n) is 3.35. The Labute approximate surface area is 69.9 Å². The molecule has 1 aromatic rings. The molecule has 0 spiro atoms. The fraction of sp³-hybridized carbons (Fsp3) is 0.375. The van der Waals surface area contributed by atoms with Crippen LogP contribution in [0.2, 0.25) is 0 Å². The van der Waals surface area contributed by atoms with Crippen LogP contribution in [0.25, 0.3) is 0 Å². The number of nitrogens with zero attached hydrogens (tertiary/aromatic N) is 1. The quantitative estimate of drug-likeness (QED) is 0.693. The molecule has 1 heterocycles. The first-order valence-corrected chi connectivity index (χ1v) is 4.23. The molecule has 0 aromatic carbocycles. The highest BCUT2D eigenvalue weighted by molar-refractivity contribution is 7.09. The molecule has 2 nitrogen and oxygen atoms in total. The van der Waals surface area contributed by atoms with Crippen LogP contribution < -0.4 is 0 Å². The van der Waals surface area contributed by atoms with Crippen molar-refractivity contribution in [3.63, 3.8) is 0 Å². The van der Waals surface area contributed by atoms with E-state index in [1.165, 1.54) is 11.3 Å². The first-order chi connectivity index (χ1) is 5.34. The topological polar surface area (TPSA) is 33.1 Å². The summed E-state index contributed by atoms with van der Waals surface area (Å²) in [7, 11) is 0. The van der Waals surface area contributed by atoms with E-state index in [1.807, 2.05) is 5.38 Å². The standard InChI is InChI=1S/C8H9NOS/c1-2-3-4-7(10)8-9-5-6-11-8/h1,5-7,10H,3-4H2. The van der Waals surface area contributed by atoms with E-state index in [-0.39, 0.29) is 0 Å². The van der Waals surface area contributed by atoms with Crippen LogP contribution in [-0.4, -0.2) is 10.1 Å². The molecule has 0 bridgehead atoms. The van der Waals surface area contributed by atoms with Crippen molar-refractivity contribution >= 4 is 11.3 Å². The maximum absolute atomic E-state index is 9.39. The van der Waals surface area contributed by atoms with Gasteiger partial charge in [-0.15, -0.1) is 23.7 Å². The highest BCUT2D eigenvalue weighted by Crippen LogP contribution is 2.19. The summed E-state index contributed by atoms with van der Waals surface area (Å²) in [6, 6.07) is 0. The molecule has 0 aliphatic carbocycles. The summed E-state index contributed by atoms with van der Waals surface area (Å²) in [5.74, 6) is 2.48. The highest BCUT2D eigenvalue weighted by atomic mass is 32.1. The Morgan fingerprint density at radius 2 is 2.64 bits per heavy atom. The molecule has 0 aliphatic rings. The summed E-state index contributed by atoms with van der Waals surface area (Å²) in [5, 5.41) is 12.0. The van der Waals surface area contributed by atoms with Gasteiger partial charge in [0, 0.05) is 18.0 Å². The lowest BCUT2D eigenvalue weighted by molar-refractivity contribution is 0.169. The zero-order chi connectivity index (χ0) is 8.10. The molecule has 0 fully saturated rings. The molecule has 0 amide bonds. The van der Waals surface area contributed by atoms with Crippen LogP contribution in [0.15, 0.2) is 11.6 Å². The molecule has 58 valence electrons. The van der Waals surface area contributed by atoms with Gasteiger partial charge in [-0.25, -0.2) is 4.98 Å². The molecule has 0 saturated carbocycles. The Kier molecular flexibility index (Phi) is 3.09. The minimum absolute atomic E-state index is 0.481. The second-order valence-electron chi connectivity index (χ2n) is 2.13. The minimum atomic E-state index is -0.481. The molecule has 0 radical (unpaired) electrons. The summed E-state index contributed by atoms with van der Waals surface area (Å²) >= 11 is 1.45. The number of thiazole rings is 1. The summed E-state index contributed by atoms with van der Waals surface area (Å²) in [6.45, 7) is 0. The maximum atomic E-state index is 9.39. The SMILES string of the molecule is C#CCCC(O)c1nccs1. The molecule has 0 aliphatic heterocycles. The van der Waals surface area contributed by atoms with Gasteiger partial charge >= 0.3 is 0 Å². The lowest BCUT2D eigenvalue weighted by Gasteiger charge is -2.02. The van der Waals surface area contributed by atoms with Crippen molar-refractivity contribution in [2.45, 2.75) is 18.9 Å². The van der Waals surface area contributed by atoms with Gasteiger partial charge in [-0.1, -0.05) is 0 Å². The Morgan fingerprint density at radius 1 is 1.82 bits per heavy atom. The maximum Gasteiger partial charge on any atom is 0.121 e. The third-order valence-electron chi connectivity index (χ3n) is 1.30. The number of aromatic nitrogens is 1. The lowest BCUT2D eigenvalue weighted by atomic mass is 10.2. The van der Waals surface area contributed by atoms with Crippen molar-refractivity contribution in [1.29, 1.82) is 0 Å². The van der Waals surface area contributed by atoms with Gasteiger partial charge in [-0.2, -0.15) is 0 Å². The second kappa shape index (κ2) is 4.12. The van der Waals surface area contributed by atoms with Crippen LogP contribution in [0.3, 0.4) is 0 Å². The lowest BCUT2D eigenvalue weighted by Crippen LogP contribution is -1.94.